The van der Waals surface area contributed by atoms with Crippen LogP contribution in [0.4, 0.5) is 5.69 Å². The summed E-state index contributed by atoms with van der Waals surface area (Å²) < 4.78 is 5.66. The van der Waals surface area contributed by atoms with Crippen LogP contribution in [-0.2, 0) is 11.2 Å². The fraction of sp³-hybridized carbons (Fsp3) is 0.600. The molecule has 0 bridgehead atoms. The highest BCUT2D eigenvalue weighted by atomic mass is 35.5. The van der Waals surface area contributed by atoms with Crippen LogP contribution in [-0.4, -0.2) is 31.8 Å². The summed E-state index contributed by atoms with van der Waals surface area (Å²) in [5.74, 6) is 0. The number of nitrogens with zero attached hydrogens (tertiary/aromatic N) is 1. The van der Waals surface area contributed by atoms with Crippen molar-refractivity contribution in [1.29, 1.82) is 0 Å². The van der Waals surface area contributed by atoms with Crippen LogP contribution in [0.1, 0.15) is 25.8 Å². The largest absolute Gasteiger partial charge is 0.376 e. The van der Waals surface area contributed by atoms with Gasteiger partial charge in [-0.25, -0.2) is 0 Å². The number of hydrogen-bond donors (Lipinski definition) is 1. The van der Waals surface area contributed by atoms with E-state index in [1.165, 1.54) is 11.3 Å². The molecular formula is C15H23ClN2O. The first-order chi connectivity index (χ1) is 8.99. The van der Waals surface area contributed by atoms with Gasteiger partial charge in [0.1, 0.15) is 0 Å². The number of ether oxygens (including phenoxy) is 1. The van der Waals surface area contributed by atoms with Crippen molar-refractivity contribution < 1.29 is 4.74 Å². The Balaban J connectivity index is 2.28. The van der Waals surface area contributed by atoms with E-state index in [4.69, 9.17) is 22.1 Å². The summed E-state index contributed by atoms with van der Waals surface area (Å²) in [7, 11) is 2.12. The molecule has 0 aliphatic carbocycles. The SMILES string of the molecule is CC(N)Cc1ccc(Cl)cc1N(C)C1CCOC1C. The van der Waals surface area contributed by atoms with Gasteiger partial charge in [-0.3, -0.25) is 0 Å². The number of halogens is 1. The van der Waals surface area contributed by atoms with Gasteiger partial charge in [0.25, 0.3) is 0 Å². The third-order valence-corrected chi connectivity index (χ3v) is 4.04. The lowest BCUT2D eigenvalue weighted by molar-refractivity contribution is 0.118. The van der Waals surface area contributed by atoms with Crippen molar-refractivity contribution in [3.05, 3.63) is 28.8 Å². The molecular weight excluding hydrogens is 260 g/mol. The topological polar surface area (TPSA) is 38.5 Å². The molecule has 3 nitrogen and oxygen atoms in total. The Bertz CT molecular complexity index is 436. The van der Waals surface area contributed by atoms with Gasteiger partial charge in [0.15, 0.2) is 0 Å². The molecule has 1 aromatic carbocycles. The third kappa shape index (κ3) is 3.41. The molecule has 1 fully saturated rings. The molecule has 1 saturated heterocycles. The van der Waals surface area contributed by atoms with Crippen molar-refractivity contribution in [3.8, 4) is 0 Å². The molecule has 2 rings (SSSR count). The lowest BCUT2D eigenvalue weighted by atomic mass is 10.0. The average Bonchev–Trinajstić information content (AvgIpc) is 2.76. The molecule has 0 amide bonds. The average molecular weight is 283 g/mol. The van der Waals surface area contributed by atoms with E-state index < -0.39 is 0 Å². The summed E-state index contributed by atoms with van der Waals surface area (Å²) in [5, 5.41) is 0.766. The predicted octanol–water partition coefficient (Wildman–Crippen LogP) is 2.84. The Kier molecular flexibility index (Phi) is 4.71. The highest BCUT2D eigenvalue weighted by molar-refractivity contribution is 6.30. The standard InChI is InChI=1S/C15H23ClN2O/c1-10(17)8-12-4-5-13(16)9-15(12)18(3)14-6-7-19-11(14)2/h4-5,9-11,14H,6-8,17H2,1-3H3. The molecule has 1 aliphatic rings. The fourth-order valence-corrected chi connectivity index (χ4v) is 2.96. The molecule has 19 heavy (non-hydrogen) atoms. The smallest absolute Gasteiger partial charge is 0.0750 e. The minimum absolute atomic E-state index is 0.144. The summed E-state index contributed by atoms with van der Waals surface area (Å²) in [6, 6.07) is 6.60. The van der Waals surface area contributed by atoms with Gasteiger partial charge in [0.2, 0.25) is 0 Å². The number of likely N-dealkylation sites (N-methyl/N-ethyl adjacent to an activating group) is 1. The minimum atomic E-state index is 0.144. The van der Waals surface area contributed by atoms with Gasteiger partial charge in [-0.05, 0) is 44.4 Å². The van der Waals surface area contributed by atoms with E-state index in [0.717, 1.165) is 24.5 Å². The monoisotopic (exact) mass is 282 g/mol. The van der Waals surface area contributed by atoms with E-state index in [2.05, 4.69) is 24.9 Å². The van der Waals surface area contributed by atoms with Gasteiger partial charge in [-0.15, -0.1) is 0 Å². The molecule has 106 valence electrons. The Hall–Kier alpha value is -0.770. The van der Waals surface area contributed by atoms with Crippen molar-refractivity contribution in [3.63, 3.8) is 0 Å². The summed E-state index contributed by atoms with van der Waals surface area (Å²) in [5.41, 5.74) is 8.36. The minimum Gasteiger partial charge on any atom is -0.376 e. The first-order valence-corrected chi connectivity index (χ1v) is 7.25. The van der Waals surface area contributed by atoms with E-state index in [1.807, 2.05) is 19.1 Å². The van der Waals surface area contributed by atoms with E-state index in [9.17, 15) is 0 Å². The molecule has 1 aromatic rings. The first kappa shape index (κ1) is 14.6. The molecule has 0 saturated carbocycles. The van der Waals surface area contributed by atoms with Gasteiger partial charge < -0.3 is 15.4 Å². The zero-order chi connectivity index (χ0) is 14.0. The lowest BCUT2D eigenvalue weighted by Crippen LogP contribution is -2.37. The molecule has 4 heteroatoms. The van der Waals surface area contributed by atoms with Crippen LogP contribution in [0.2, 0.25) is 5.02 Å². The maximum Gasteiger partial charge on any atom is 0.0750 e. The maximum atomic E-state index is 6.15. The zero-order valence-corrected chi connectivity index (χ0v) is 12.7. The van der Waals surface area contributed by atoms with Crippen LogP contribution in [0.5, 0.6) is 0 Å². The van der Waals surface area contributed by atoms with E-state index in [1.54, 1.807) is 0 Å². The summed E-state index contributed by atoms with van der Waals surface area (Å²) in [4.78, 5) is 2.29. The summed E-state index contributed by atoms with van der Waals surface area (Å²) in [6.45, 7) is 4.99. The molecule has 2 N–H and O–H groups in total. The second-order valence-corrected chi connectivity index (χ2v) is 5.93. The molecule has 0 spiro atoms. The predicted molar refractivity (Wildman–Crippen MR) is 81.0 cm³/mol. The molecule has 3 atom stereocenters. The number of anilines is 1. The number of nitrogens with two attached hydrogens (primary N) is 1. The fourth-order valence-electron chi connectivity index (χ4n) is 2.79. The molecule has 1 heterocycles. The van der Waals surface area contributed by atoms with Crippen LogP contribution in [0.3, 0.4) is 0 Å². The number of rotatable bonds is 4. The normalized spacial score (nSPS) is 24.5. The zero-order valence-electron chi connectivity index (χ0n) is 11.9. The number of benzene rings is 1. The van der Waals surface area contributed by atoms with Crippen LogP contribution in [0, 0.1) is 0 Å². The second-order valence-electron chi connectivity index (χ2n) is 5.50. The highest BCUT2D eigenvalue weighted by Gasteiger charge is 2.29. The number of hydrogen-bond acceptors (Lipinski definition) is 3. The van der Waals surface area contributed by atoms with Crippen LogP contribution >= 0.6 is 11.6 Å². The Morgan fingerprint density at radius 1 is 1.53 bits per heavy atom. The van der Waals surface area contributed by atoms with Gasteiger partial charge in [0, 0.05) is 30.4 Å². The molecule has 0 aromatic heterocycles. The van der Waals surface area contributed by atoms with Gasteiger partial charge in [-0.1, -0.05) is 17.7 Å². The van der Waals surface area contributed by atoms with Crippen molar-refractivity contribution in [1.82, 2.24) is 0 Å². The van der Waals surface area contributed by atoms with Crippen LogP contribution in [0.25, 0.3) is 0 Å². The van der Waals surface area contributed by atoms with Crippen LogP contribution in [0.15, 0.2) is 18.2 Å². The quantitative estimate of drug-likeness (QED) is 0.923. The second kappa shape index (κ2) is 6.12. The van der Waals surface area contributed by atoms with Crippen molar-refractivity contribution in [2.75, 3.05) is 18.6 Å². The Labute approximate surface area is 120 Å². The van der Waals surface area contributed by atoms with E-state index >= 15 is 0 Å². The maximum absolute atomic E-state index is 6.15. The lowest BCUT2D eigenvalue weighted by Gasteiger charge is -2.31. The van der Waals surface area contributed by atoms with Gasteiger partial charge >= 0.3 is 0 Å². The Morgan fingerprint density at radius 3 is 2.84 bits per heavy atom. The van der Waals surface area contributed by atoms with Crippen molar-refractivity contribution in [2.24, 2.45) is 5.73 Å². The summed E-state index contributed by atoms with van der Waals surface area (Å²) in [6.07, 6.45) is 2.17. The van der Waals surface area contributed by atoms with Crippen molar-refractivity contribution in [2.45, 2.75) is 44.9 Å². The first-order valence-electron chi connectivity index (χ1n) is 6.87. The van der Waals surface area contributed by atoms with E-state index in [0.29, 0.717) is 6.04 Å². The molecule has 0 radical (unpaired) electrons. The van der Waals surface area contributed by atoms with E-state index in [-0.39, 0.29) is 12.1 Å². The molecule has 3 unspecified atom stereocenters. The van der Waals surface area contributed by atoms with Crippen molar-refractivity contribution >= 4 is 17.3 Å². The Morgan fingerprint density at radius 2 is 2.26 bits per heavy atom. The van der Waals surface area contributed by atoms with Crippen LogP contribution < -0.4 is 10.6 Å². The summed E-state index contributed by atoms with van der Waals surface area (Å²) >= 11 is 6.15. The van der Waals surface area contributed by atoms with Gasteiger partial charge in [-0.2, -0.15) is 0 Å². The van der Waals surface area contributed by atoms with Gasteiger partial charge in [0.05, 0.1) is 12.1 Å². The third-order valence-electron chi connectivity index (χ3n) is 3.80. The highest BCUT2D eigenvalue weighted by Crippen LogP contribution is 2.30. The molecule has 1 aliphatic heterocycles.